The zero-order valence-electron chi connectivity index (χ0n) is 7.17. The number of ether oxygens (including phenoxy) is 1. The van der Waals surface area contributed by atoms with Crippen LogP contribution in [0, 0.1) is 0 Å². The minimum absolute atomic E-state index is 0.229. The van der Waals surface area contributed by atoms with Crippen molar-refractivity contribution in [3.63, 3.8) is 0 Å². The lowest BCUT2D eigenvalue weighted by atomic mass is 10.3. The van der Waals surface area contributed by atoms with Gasteiger partial charge < -0.3 is 4.74 Å². The molecule has 0 aromatic carbocycles. The molecule has 2 atom stereocenters. The molecule has 0 amide bonds. The highest BCUT2D eigenvalue weighted by Crippen LogP contribution is 2.17. The van der Waals surface area contributed by atoms with Gasteiger partial charge in [0.05, 0.1) is 6.04 Å². The molecule has 1 heterocycles. The molecule has 1 saturated heterocycles. The Labute approximate surface area is 67.3 Å². The fraction of sp³-hybridized carbons (Fsp3) is 0.875. The fourth-order valence-corrected chi connectivity index (χ4v) is 1.22. The van der Waals surface area contributed by atoms with Crippen LogP contribution < -0.4 is 0 Å². The molecule has 1 aliphatic heterocycles. The summed E-state index contributed by atoms with van der Waals surface area (Å²) in [5.41, 5.74) is 0. The van der Waals surface area contributed by atoms with E-state index in [-0.39, 0.29) is 6.04 Å². The van der Waals surface area contributed by atoms with E-state index in [1.54, 1.807) is 14.0 Å². The van der Waals surface area contributed by atoms with Crippen molar-refractivity contribution in [1.82, 2.24) is 4.90 Å². The van der Waals surface area contributed by atoms with Crippen LogP contribution in [0.15, 0.2) is 0 Å². The van der Waals surface area contributed by atoms with E-state index < -0.39 is 0 Å². The third-order valence-electron chi connectivity index (χ3n) is 1.98. The molecule has 0 N–H and O–H groups in total. The van der Waals surface area contributed by atoms with Crippen molar-refractivity contribution in [2.75, 3.05) is 26.8 Å². The number of Topliss-reactive ketones (excluding diaryl/α,β-unsaturated/α-hetero) is 1. The Morgan fingerprint density at radius 3 is 2.91 bits per heavy atom. The second-order valence-corrected chi connectivity index (χ2v) is 2.97. The molecular weight excluding hydrogens is 142 g/mol. The molecule has 1 rings (SSSR count). The molecule has 1 aliphatic rings. The molecule has 3 heteroatoms. The Hall–Kier alpha value is -0.410. The Morgan fingerprint density at radius 1 is 1.73 bits per heavy atom. The van der Waals surface area contributed by atoms with Gasteiger partial charge in [-0.25, -0.2) is 0 Å². The molecule has 0 aromatic heterocycles. The lowest BCUT2D eigenvalue weighted by Gasteiger charge is -2.00. The van der Waals surface area contributed by atoms with Crippen LogP contribution in [0.5, 0.6) is 0 Å². The summed E-state index contributed by atoms with van der Waals surface area (Å²) in [5.74, 6) is 0.294. The Kier molecular flexibility index (Phi) is 3.02. The summed E-state index contributed by atoms with van der Waals surface area (Å²) in [6.07, 6.45) is 1.03. The van der Waals surface area contributed by atoms with Crippen molar-refractivity contribution in [2.24, 2.45) is 0 Å². The zero-order chi connectivity index (χ0) is 8.27. The number of hydrogen-bond acceptors (Lipinski definition) is 3. The lowest BCUT2D eigenvalue weighted by Crippen LogP contribution is -2.11. The summed E-state index contributed by atoms with van der Waals surface area (Å²) >= 11 is 0. The van der Waals surface area contributed by atoms with Gasteiger partial charge in [-0.2, -0.15) is 0 Å². The first kappa shape index (κ1) is 8.68. The van der Waals surface area contributed by atoms with Gasteiger partial charge in [0, 0.05) is 26.8 Å². The predicted molar refractivity (Wildman–Crippen MR) is 42.5 cm³/mol. The van der Waals surface area contributed by atoms with Crippen LogP contribution in [-0.2, 0) is 9.53 Å². The van der Waals surface area contributed by atoms with Gasteiger partial charge in [-0.1, -0.05) is 0 Å². The molecule has 0 bridgehead atoms. The molecule has 0 spiro atoms. The van der Waals surface area contributed by atoms with Gasteiger partial charge in [-0.15, -0.1) is 0 Å². The minimum atomic E-state index is 0.229. The van der Waals surface area contributed by atoms with Gasteiger partial charge >= 0.3 is 0 Å². The van der Waals surface area contributed by atoms with E-state index in [0.29, 0.717) is 5.78 Å². The quantitative estimate of drug-likeness (QED) is 0.424. The maximum Gasteiger partial charge on any atom is 0.148 e. The maximum absolute atomic E-state index is 10.8. The number of methoxy groups -OCH3 is 1. The van der Waals surface area contributed by atoms with Crippen LogP contribution in [0.3, 0.4) is 0 Å². The van der Waals surface area contributed by atoms with Gasteiger partial charge in [0.15, 0.2) is 0 Å². The van der Waals surface area contributed by atoms with Crippen LogP contribution in [0.2, 0.25) is 0 Å². The highest BCUT2D eigenvalue weighted by molar-refractivity contribution is 5.84. The summed E-state index contributed by atoms with van der Waals surface area (Å²) < 4.78 is 4.90. The SMILES string of the molecule is COCCCN1C[C@H]1C(C)=O. The smallest absolute Gasteiger partial charge is 0.148 e. The number of hydrogen-bond donors (Lipinski definition) is 0. The van der Waals surface area contributed by atoms with Crippen molar-refractivity contribution < 1.29 is 9.53 Å². The van der Waals surface area contributed by atoms with Gasteiger partial charge in [0.25, 0.3) is 0 Å². The largest absolute Gasteiger partial charge is 0.385 e. The van der Waals surface area contributed by atoms with E-state index in [1.807, 2.05) is 0 Å². The summed E-state index contributed by atoms with van der Waals surface area (Å²) in [5, 5.41) is 0. The first-order valence-corrected chi connectivity index (χ1v) is 3.99. The fourth-order valence-electron chi connectivity index (χ4n) is 1.22. The predicted octanol–water partition coefficient (Wildman–Crippen LogP) is 0.296. The Bertz CT molecular complexity index is 147. The highest BCUT2D eigenvalue weighted by Gasteiger charge is 2.36. The van der Waals surface area contributed by atoms with Crippen molar-refractivity contribution in [2.45, 2.75) is 19.4 Å². The van der Waals surface area contributed by atoms with Crippen molar-refractivity contribution in [3.8, 4) is 0 Å². The maximum atomic E-state index is 10.8. The standard InChI is InChI=1S/C8H15NO2/c1-7(10)8-6-9(8)4-3-5-11-2/h8H,3-6H2,1-2H3/t8-,9?/m0/s1. The highest BCUT2D eigenvalue weighted by atomic mass is 16.5. The van der Waals surface area contributed by atoms with E-state index in [4.69, 9.17) is 4.74 Å². The molecule has 0 radical (unpaired) electrons. The molecule has 0 aromatic rings. The zero-order valence-corrected chi connectivity index (χ0v) is 7.17. The van der Waals surface area contributed by atoms with Crippen LogP contribution >= 0.6 is 0 Å². The third-order valence-corrected chi connectivity index (χ3v) is 1.98. The van der Waals surface area contributed by atoms with Gasteiger partial charge in [0.1, 0.15) is 5.78 Å². The van der Waals surface area contributed by atoms with E-state index in [2.05, 4.69) is 4.90 Å². The molecule has 64 valence electrons. The normalized spacial score (nSPS) is 28.5. The van der Waals surface area contributed by atoms with Gasteiger partial charge in [0.2, 0.25) is 0 Å². The molecule has 11 heavy (non-hydrogen) atoms. The summed E-state index contributed by atoms with van der Waals surface area (Å²) in [6.45, 7) is 4.40. The first-order chi connectivity index (χ1) is 5.25. The monoisotopic (exact) mass is 157 g/mol. The minimum Gasteiger partial charge on any atom is -0.385 e. The van der Waals surface area contributed by atoms with Crippen molar-refractivity contribution >= 4 is 5.78 Å². The number of ketones is 1. The number of carbonyl (C=O) groups is 1. The summed E-state index contributed by atoms with van der Waals surface area (Å²) in [6, 6.07) is 0.229. The topological polar surface area (TPSA) is 29.3 Å². The van der Waals surface area contributed by atoms with Crippen molar-refractivity contribution in [1.29, 1.82) is 0 Å². The summed E-state index contributed by atoms with van der Waals surface area (Å²) in [7, 11) is 1.70. The van der Waals surface area contributed by atoms with Crippen LogP contribution in [0.4, 0.5) is 0 Å². The molecule has 3 nitrogen and oxygen atoms in total. The Morgan fingerprint density at radius 2 is 2.45 bits per heavy atom. The van der Waals surface area contributed by atoms with Crippen LogP contribution in [0.25, 0.3) is 0 Å². The second kappa shape index (κ2) is 3.83. The second-order valence-electron chi connectivity index (χ2n) is 2.97. The van der Waals surface area contributed by atoms with E-state index in [1.165, 1.54) is 0 Å². The number of carbonyl (C=O) groups excluding carboxylic acids is 1. The average Bonchev–Trinajstić information content (AvgIpc) is 2.68. The molecule has 1 fully saturated rings. The lowest BCUT2D eigenvalue weighted by molar-refractivity contribution is -0.117. The van der Waals surface area contributed by atoms with E-state index in [9.17, 15) is 4.79 Å². The Balaban J connectivity index is 2.00. The molecule has 0 aliphatic carbocycles. The number of nitrogens with zero attached hydrogens (tertiary/aromatic N) is 1. The van der Waals surface area contributed by atoms with Crippen LogP contribution in [0.1, 0.15) is 13.3 Å². The number of rotatable bonds is 5. The van der Waals surface area contributed by atoms with Gasteiger partial charge in [-0.3, -0.25) is 9.69 Å². The van der Waals surface area contributed by atoms with E-state index in [0.717, 1.165) is 26.1 Å². The average molecular weight is 157 g/mol. The first-order valence-electron chi connectivity index (χ1n) is 3.99. The third kappa shape index (κ3) is 2.60. The van der Waals surface area contributed by atoms with E-state index >= 15 is 0 Å². The van der Waals surface area contributed by atoms with Gasteiger partial charge in [-0.05, 0) is 13.3 Å². The molecular formula is C8H15NO2. The summed E-state index contributed by atoms with van der Waals surface area (Å²) in [4.78, 5) is 12.9. The molecule has 1 unspecified atom stereocenters. The molecule has 0 saturated carbocycles. The van der Waals surface area contributed by atoms with Crippen molar-refractivity contribution in [3.05, 3.63) is 0 Å². The van der Waals surface area contributed by atoms with Crippen LogP contribution in [-0.4, -0.2) is 43.5 Å².